The standard InChI is InChI=1S/C12H8BrClOS/c1-7-4-8(14)2-3-9(7)12(15)10-5-16-6-11(10)13/h2-6H,1H3. The smallest absolute Gasteiger partial charge is 0.195 e. The van der Waals surface area contributed by atoms with Gasteiger partial charge in [0.2, 0.25) is 0 Å². The number of carbonyl (C=O) groups is 1. The number of benzene rings is 1. The van der Waals surface area contributed by atoms with Crippen LogP contribution in [0.4, 0.5) is 0 Å². The van der Waals surface area contributed by atoms with Crippen LogP contribution in [0.25, 0.3) is 0 Å². The predicted octanol–water partition coefficient (Wildman–Crippen LogP) is 4.70. The Balaban J connectivity index is 2.46. The lowest BCUT2D eigenvalue weighted by atomic mass is 10.0. The molecule has 0 saturated heterocycles. The van der Waals surface area contributed by atoms with Gasteiger partial charge in [0, 0.05) is 31.4 Å². The van der Waals surface area contributed by atoms with E-state index in [2.05, 4.69) is 15.9 Å². The third kappa shape index (κ3) is 2.21. The van der Waals surface area contributed by atoms with Crippen molar-refractivity contribution in [2.75, 3.05) is 0 Å². The van der Waals surface area contributed by atoms with Crippen molar-refractivity contribution < 1.29 is 4.79 Å². The monoisotopic (exact) mass is 314 g/mol. The van der Waals surface area contributed by atoms with Crippen molar-refractivity contribution in [3.8, 4) is 0 Å². The molecule has 82 valence electrons. The molecule has 1 heterocycles. The number of carbonyl (C=O) groups excluding carboxylic acids is 1. The third-order valence-electron chi connectivity index (χ3n) is 2.29. The minimum Gasteiger partial charge on any atom is -0.289 e. The molecule has 0 aliphatic rings. The Morgan fingerprint density at radius 3 is 2.62 bits per heavy atom. The van der Waals surface area contributed by atoms with E-state index in [0.717, 1.165) is 10.0 Å². The number of ketones is 1. The number of rotatable bonds is 2. The minimum atomic E-state index is 0.0299. The second kappa shape index (κ2) is 4.70. The van der Waals surface area contributed by atoms with Crippen LogP contribution in [0.1, 0.15) is 21.5 Å². The Bertz CT molecular complexity index is 548. The van der Waals surface area contributed by atoms with Gasteiger partial charge in [0.15, 0.2) is 5.78 Å². The SMILES string of the molecule is Cc1cc(Cl)ccc1C(=O)c1cscc1Br. The summed E-state index contributed by atoms with van der Waals surface area (Å²) >= 11 is 10.7. The first-order valence-electron chi connectivity index (χ1n) is 4.62. The van der Waals surface area contributed by atoms with Gasteiger partial charge in [-0.3, -0.25) is 4.79 Å². The zero-order chi connectivity index (χ0) is 11.7. The summed E-state index contributed by atoms with van der Waals surface area (Å²) in [5, 5.41) is 4.40. The van der Waals surface area contributed by atoms with Gasteiger partial charge in [-0.2, -0.15) is 11.3 Å². The van der Waals surface area contributed by atoms with E-state index in [4.69, 9.17) is 11.6 Å². The van der Waals surface area contributed by atoms with Crippen LogP contribution in [-0.4, -0.2) is 5.78 Å². The molecular formula is C12H8BrClOS. The summed E-state index contributed by atoms with van der Waals surface area (Å²) < 4.78 is 0.844. The van der Waals surface area contributed by atoms with Gasteiger partial charge >= 0.3 is 0 Å². The lowest BCUT2D eigenvalue weighted by Gasteiger charge is -2.04. The molecule has 0 aliphatic carbocycles. The third-order valence-corrected chi connectivity index (χ3v) is 4.23. The number of hydrogen-bond acceptors (Lipinski definition) is 2. The zero-order valence-electron chi connectivity index (χ0n) is 8.46. The van der Waals surface area contributed by atoms with Gasteiger partial charge in [0.25, 0.3) is 0 Å². The second-order valence-corrected chi connectivity index (χ2v) is 5.46. The van der Waals surface area contributed by atoms with E-state index < -0.39 is 0 Å². The van der Waals surface area contributed by atoms with E-state index in [9.17, 15) is 4.79 Å². The Hall–Kier alpha value is -0.640. The summed E-state index contributed by atoms with van der Waals surface area (Å²) in [6.07, 6.45) is 0. The Morgan fingerprint density at radius 2 is 2.06 bits per heavy atom. The summed E-state index contributed by atoms with van der Waals surface area (Å²) in [7, 11) is 0. The molecule has 0 atom stereocenters. The maximum atomic E-state index is 12.2. The normalized spacial score (nSPS) is 10.4. The van der Waals surface area contributed by atoms with E-state index in [1.54, 1.807) is 18.2 Å². The van der Waals surface area contributed by atoms with E-state index in [1.807, 2.05) is 17.7 Å². The maximum Gasteiger partial charge on any atom is 0.195 e. The van der Waals surface area contributed by atoms with Crippen molar-refractivity contribution in [2.45, 2.75) is 6.92 Å². The summed E-state index contributed by atoms with van der Waals surface area (Å²) in [5.41, 5.74) is 2.30. The first-order valence-corrected chi connectivity index (χ1v) is 6.73. The predicted molar refractivity (Wildman–Crippen MR) is 71.6 cm³/mol. The van der Waals surface area contributed by atoms with Gasteiger partial charge < -0.3 is 0 Å². The highest BCUT2D eigenvalue weighted by atomic mass is 79.9. The van der Waals surface area contributed by atoms with Crippen molar-refractivity contribution in [3.05, 3.63) is 55.1 Å². The van der Waals surface area contributed by atoms with Crippen LogP contribution in [0, 0.1) is 6.92 Å². The molecule has 1 aromatic carbocycles. The molecule has 0 spiro atoms. The van der Waals surface area contributed by atoms with E-state index in [-0.39, 0.29) is 5.78 Å². The highest BCUT2D eigenvalue weighted by Crippen LogP contribution is 2.26. The molecule has 0 unspecified atom stereocenters. The highest BCUT2D eigenvalue weighted by molar-refractivity contribution is 9.10. The van der Waals surface area contributed by atoms with Crippen molar-refractivity contribution >= 4 is 44.7 Å². The molecule has 1 aromatic heterocycles. The van der Waals surface area contributed by atoms with Crippen LogP contribution >= 0.6 is 38.9 Å². The molecule has 0 aliphatic heterocycles. The molecule has 0 N–H and O–H groups in total. The Labute approximate surface area is 111 Å². The van der Waals surface area contributed by atoms with Gasteiger partial charge in [-0.25, -0.2) is 0 Å². The maximum absolute atomic E-state index is 12.2. The average Bonchev–Trinajstić information content (AvgIpc) is 2.63. The second-order valence-electron chi connectivity index (χ2n) is 3.42. The zero-order valence-corrected chi connectivity index (χ0v) is 11.6. The van der Waals surface area contributed by atoms with Crippen molar-refractivity contribution in [3.63, 3.8) is 0 Å². The van der Waals surface area contributed by atoms with Gasteiger partial charge in [-0.15, -0.1) is 0 Å². The quantitative estimate of drug-likeness (QED) is 0.734. The summed E-state index contributed by atoms with van der Waals surface area (Å²) in [5.74, 6) is 0.0299. The van der Waals surface area contributed by atoms with Crippen molar-refractivity contribution in [1.82, 2.24) is 0 Å². The summed E-state index contributed by atoms with van der Waals surface area (Å²) in [6, 6.07) is 5.31. The average molecular weight is 316 g/mol. The van der Waals surface area contributed by atoms with Gasteiger partial charge in [-0.1, -0.05) is 11.6 Å². The van der Waals surface area contributed by atoms with Crippen LogP contribution in [0.2, 0.25) is 5.02 Å². The molecule has 0 fully saturated rings. The highest BCUT2D eigenvalue weighted by Gasteiger charge is 2.15. The summed E-state index contributed by atoms with van der Waals surface area (Å²) in [6.45, 7) is 1.89. The molecule has 0 bridgehead atoms. The number of halogens is 2. The molecular weight excluding hydrogens is 308 g/mol. The fourth-order valence-electron chi connectivity index (χ4n) is 1.47. The minimum absolute atomic E-state index is 0.0299. The Kier molecular flexibility index (Phi) is 3.47. The topological polar surface area (TPSA) is 17.1 Å². The molecule has 0 saturated carbocycles. The lowest BCUT2D eigenvalue weighted by molar-refractivity contribution is 0.103. The van der Waals surface area contributed by atoms with Crippen molar-refractivity contribution in [1.29, 1.82) is 0 Å². The van der Waals surface area contributed by atoms with E-state index >= 15 is 0 Å². The molecule has 0 amide bonds. The number of aryl methyl sites for hydroxylation is 1. The number of thiophene rings is 1. The van der Waals surface area contributed by atoms with Crippen LogP contribution in [0.5, 0.6) is 0 Å². The van der Waals surface area contributed by atoms with Gasteiger partial charge in [-0.05, 0) is 46.6 Å². The van der Waals surface area contributed by atoms with E-state index in [1.165, 1.54) is 11.3 Å². The molecule has 2 rings (SSSR count). The van der Waals surface area contributed by atoms with Crippen molar-refractivity contribution in [2.24, 2.45) is 0 Å². The summed E-state index contributed by atoms with van der Waals surface area (Å²) in [4.78, 5) is 12.2. The molecule has 1 nitrogen and oxygen atoms in total. The van der Waals surface area contributed by atoms with Crippen LogP contribution in [0.3, 0.4) is 0 Å². The van der Waals surface area contributed by atoms with Gasteiger partial charge in [0.05, 0.1) is 0 Å². The van der Waals surface area contributed by atoms with Crippen LogP contribution < -0.4 is 0 Å². The lowest BCUT2D eigenvalue weighted by Crippen LogP contribution is -2.02. The largest absolute Gasteiger partial charge is 0.289 e. The van der Waals surface area contributed by atoms with E-state index in [0.29, 0.717) is 16.1 Å². The molecule has 4 heteroatoms. The first-order chi connectivity index (χ1) is 7.59. The van der Waals surface area contributed by atoms with Gasteiger partial charge in [0.1, 0.15) is 0 Å². The first kappa shape index (κ1) is 11.8. The van der Waals surface area contributed by atoms with Crippen LogP contribution in [-0.2, 0) is 0 Å². The molecule has 2 aromatic rings. The fraction of sp³-hybridized carbons (Fsp3) is 0.0833. The fourth-order valence-corrected chi connectivity index (χ4v) is 3.15. The molecule has 16 heavy (non-hydrogen) atoms. The number of hydrogen-bond donors (Lipinski definition) is 0. The molecule has 0 radical (unpaired) electrons. The van der Waals surface area contributed by atoms with Crippen LogP contribution in [0.15, 0.2) is 33.4 Å². The Morgan fingerprint density at radius 1 is 1.31 bits per heavy atom.